The highest BCUT2D eigenvalue weighted by Crippen LogP contribution is 2.68. The fraction of sp³-hybridized carbons (Fsp3) is 0.769. The molecular formula is C13H18O. The molecule has 0 radical (unpaired) electrons. The zero-order valence-corrected chi connectivity index (χ0v) is 9.05. The number of allylic oxidation sites excluding steroid dienone is 2. The monoisotopic (exact) mass is 190 g/mol. The van der Waals surface area contributed by atoms with Gasteiger partial charge in [0.15, 0.2) is 5.78 Å². The first-order valence-electron chi connectivity index (χ1n) is 5.84. The van der Waals surface area contributed by atoms with Gasteiger partial charge in [-0.05, 0) is 49.0 Å². The van der Waals surface area contributed by atoms with Crippen LogP contribution in [0.5, 0.6) is 0 Å². The number of hydrogen-bond acceptors (Lipinski definition) is 1. The molecule has 0 aromatic heterocycles. The van der Waals surface area contributed by atoms with Crippen molar-refractivity contribution in [1.82, 2.24) is 0 Å². The van der Waals surface area contributed by atoms with Crippen molar-refractivity contribution in [3.05, 3.63) is 12.2 Å². The Morgan fingerprint density at radius 1 is 1.36 bits per heavy atom. The lowest BCUT2D eigenvalue weighted by Gasteiger charge is -2.36. The van der Waals surface area contributed by atoms with Gasteiger partial charge >= 0.3 is 0 Å². The van der Waals surface area contributed by atoms with Crippen molar-refractivity contribution in [1.29, 1.82) is 0 Å². The van der Waals surface area contributed by atoms with Gasteiger partial charge in [0.25, 0.3) is 0 Å². The second-order valence-corrected chi connectivity index (χ2v) is 5.75. The molecule has 2 saturated carbocycles. The predicted molar refractivity (Wildman–Crippen MR) is 55.8 cm³/mol. The van der Waals surface area contributed by atoms with E-state index < -0.39 is 0 Å². The Balaban J connectivity index is 2.14. The minimum atomic E-state index is 0.0341. The third-order valence-electron chi connectivity index (χ3n) is 5.35. The molecule has 0 aromatic rings. The Morgan fingerprint density at radius 2 is 2.14 bits per heavy atom. The molecule has 1 heteroatoms. The molecule has 14 heavy (non-hydrogen) atoms. The van der Waals surface area contributed by atoms with E-state index >= 15 is 0 Å². The van der Waals surface area contributed by atoms with Gasteiger partial charge in [0.05, 0.1) is 0 Å². The van der Waals surface area contributed by atoms with Gasteiger partial charge in [-0.25, -0.2) is 0 Å². The summed E-state index contributed by atoms with van der Waals surface area (Å²) in [6.45, 7) is 4.63. The van der Waals surface area contributed by atoms with Crippen LogP contribution < -0.4 is 0 Å². The van der Waals surface area contributed by atoms with Crippen LogP contribution in [0.4, 0.5) is 0 Å². The average molecular weight is 190 g/mol. The fourth-order valence-electron chi connectivity index (χ4n) is 4.47. The zero-order valence-electron chi connectivity index (χ0n) is 9.05. The molecule has 2 fully saturated rings. The standard InChI is InChI=1S/C13H18O/c1-9-3-8-13-10(9)4-6-12(13,2)7-5-11(13)14/h5,7,9-10H,3-4,6,8H2,1-2H3/t9-,10-,12-,13+/m0/s1. The maximum Gasteiger partial charge on any atom is 0.162 e. The van der Waals surface area contributed by atoms with E-state index in [4.69, 9.17) is 0 Å². The van der Waals surface area contributed by atoms with Crippen LogP contribution in [0.3, 0.4) is 0 Å². The van der Waals surface area contributed by atoms with E-state index in [9.17, 15) is 4.79 Å². The molecule has 0 heterocycles. The van der Waals surface area contributed by atoms with Crippen molar-refractivity contribution in [3.8, 4) is 0 Å². The number of hydrogen-bond donors (Lipinski definition) is 0. The summed E-state index contributed by atoms with van der Waals surface area (Å²) in [5.74, 6) is 1.88. The minimum Gasteiger partial charge on any atom is -0.294 e. The summed E-state index contributed by atoms with van der Waals surface area (Å²) in [5, 5.41) is 0. The number of rotatable bonds is 0. The van der Waals surface area contributed by atoms with E-state index in [0.29, 0.717) is 11.7 Å². The molecule has 0 N–H and O–H groups in total. The van der Waals surface area contributed by atoms with Crippen LogP contribution in [0, 0.1) is 22.7 Å². The largest absolute Gasteiger partial charge is 0.294 e. The molecule has 1 spiro atoms. The van der Waals surface area contributed by atoms with Crippen LogP contribution in [-0.2, 0) is 4.79 Å². The Bertz CT molecular complexity index is 330. The zero-order chi connectivity index (χ0) is 9.97. The van der Waals surface area contributed by atoms with E-state index in [-0.39, 0.29) is 10.8 Å². The molecule has 0 aliphatic heterocycles. The molecule has 76 valence electrons. The number of carbonyl (C=O) groups is 1. The van der Waals surface area contributed by atoms with Gasteiger partial charge in [-0.15, -0.1) is 0 Å². The third kappa shape index (κ3) is 0.687. The summed E-state index contributed by atoms with van der Waals surface area (Å²) in [7, 11) is 0. The van der Waals surface area contributed by atoms with Gasteiger partial charge in [0, 0.05) is 5.41 Å². The first kappa shape index (κ1) is 8.70. The maximum absolute atomic E-state index is 12.1. The van der Waals surface area contributed by atoms with Crippen LogP contribution in [0.15, 0.2) is 12.2 Å². The molecule has 3 aliphatic carbocycles. The fourth-order valence-corrected chi connectivity index (χ4v) is 4.47. The van der Waals surface area contributed by atoms with E-state index in [0.717, 1.165) is 12.3 Å². The SMILES string of the molecule is C[C@H]1CC[C@@]23C(=O)C=C[C@]2(C)CC[C@@H]13. The molecule has 3 aliphatic rings. The van der Waals surface area contributed by atoms with Crippen molar-refractivity contribution in [2.24, 2.45) is 22.7 Å². The van der Waals surface area contributed by atoms with Crippen LogP contribution in [0.2, 0.25) is 0 Å². The maximum atomic E-state index is 12.1. The molecule has 0 unspecified atom stereocenters. The molecule has 3 rings (SSSR count). The highest BCUT2D eigenvalue weighted by molar-refractivity contribution is 5.99. The summed E-state index contributed by atoms with van der Waals surface area (Å²) < 4.78 is 0. The highest BCUT2D eigenvalue weighted by Gasteiger charge is 2.65. The lowest BCUT2D eigenvalue weighted by molar-refractivity contribution is -0.127. The van der Waals surface area contributed by atoms with Crippen molar-refractivity contribution >= 4 is 5.78 Å². The molecule has 1 nitrogen and oxygen atoms in total. The Morgan fingerprint density at radius 3 is 2.93 bits per heavy atom. The first-order valence-corrected chi connectivity index (χ1v) is 5.84. The predicted octanol–water partition coefficient (Wildman–Crippen LogP) is 2.96. The molecular weight excluding hydrogens is 172 g/mol. The van der Waals surface area contributed by atoms with Gasteiger partial charge in [-0.2, -0.15) is 0 Å². The van der Waals surface area contributed by atoms with Crippen molar-refractivity contribution in [3.63, 3.8) is 0 Å². The first-order chi connectivity index (χ1) is 6.60. The van der Waals surface area contributed by atoms with Gasteiger partial charge in [-0.1, -0.05) is 19.9 Å². The Labute approximate surface area is 85.6 Å². The van der Waals surface area contributed by atoms with E-state index in [1.54, 1.807) is 0 Å². The number of carbonyl (C=O) groups excluding carboxylic acids is 1. The summed E-state index contributed by atoms with van der Waals surface area (Å²) in [4.78, 5) is 12.1. The van der Waals surface area contributed by atoms with Crippen molar-refractivity contribution in [2.75, 3.05) is 0 Å². The molecule has 4 atom stereocenters. The minimum absolute atomic E-state index is 0.0341. The van der Waals surface area contributed by atoms with Crippen LogP contribution in [0.1, 0.15) is 39.5 Å². The highest BCUT2D eigenvalue weighted by atomic mass is 16.1. The molecule has 0 aromatic carbocycles. The lowest BCUT2D eigenvalue weighted by atomic mass is 9.65. The van der Waals surface area contributed by atoms with Crippen LogP contribution in [0.25, 0.3) is 0 Å². The van der Waals surface area contributed by atoms with Gasteiger partial charge in [-0.3, -0.25) is 4.79 Å². The summed E-state index contributed by atoms with van der Waals surface area (Å²) in [6, 6.07) is 0. The normalized spacial score (nSPS) is 55.1. The average Bonchev–Trinajstić information content (AvgIpc) is 2.70. The summed E-state index contributed by atoms with van der Waals surface area (Å²) in [5.41, 5.74) is 0.242. The van der Waals surface area contributed by atoms with Gasteiger partial charge < -0.3 is 0 Å². The van der Waals surface area contributed by atoms with Gasteiger partial charge in [0.1, 0.15) is 0 Å². The molecule has 0 saturated heterocycles. The van der Waals surface area contributed by atoms with E-state index in [1.165, 1.54) is 19.3 Å². The van der Waals surface area contributed by atoms with Gasteiger partial charge in [0.2, 0.25) is 0 Å². The van der Waals surface area contributed by atoms with E-state index in [1.807, 2.05) is 6.08 Å². The number of ketones is 1. The third-order valence-corrected chi connectivity index (χ3v) is 5.35. The molecule has 0 bridgehead atoms. The van der Waals surface area contributed by atoms with Crippen molar-refractivity contribution < 1.29 is 4.79 Å². The quantitative estimate of drug-likeness (QED) is 0.574. The van der Waals surface area contributed by atoms with Crippen LogP contribution in [-0.4, -0.2) is 5.78 Å². The topological polar surface area (TPSA) is 17.1 Å². The van der Waals surface area contributed by atoms with Crippen molar-refractivity contribution in [2.45, 2.75) is 39.5 Å². The Hall–Kier alpha value is -0.590. The summed E-state index contributed by atoms with van der Waals surface area (Å²) in [6.07, 6.45) is 8.96. The van der Waals surface area contributed by atoms with Crippen LogP contribution >= 0.6 is 0 Å². The second-order valence-electron chi connectivity index (χ2n) is 5.75. The summed E-state index contributed by atoms with van der Waals surface area (Å²) >= 11 is 0. The lowest BCUT2D eigenvalue weighted by Crippen LogP contribution is -2.38. The second kappa shape index (κ2) is 2.32. The Kier molecular flexibility index (Phi) is 1.44. The smallest absolute Gasteiger partial charge is 0.162 e. The molecule has 0 amide bonds. The van der Waals surface area contributed by atoms with E-state index in [2.05, 4.69) is 19.9 Å².